The van der Waals surface area contributed by atoms with Gasteiger partial charge in [0.05, 0.1) is 18.7 Å². The molecule has 0 saturated heterocycles. The highest BCUT2D eigenvalue weighted by molar-refractivity contribution is 5.96. The zero-order valence-corrected chi connectivity index (χ0v) is 16.5. The highest BCUT2D eigenvalue weighted by Crippen LogP contribution is 2.38. The van der Waals surface area contributed by atoms with Crippen molar-refractivity contribution < 1.29 is 14.3 Å². The van der Waals surface area contributed by atoms with E-state index in [-0.39, 0.29) is 17.9 Å². The predicted octanol–water partition coefficient (Wildman–Crippen LogP) is 4.57. The monoisotopic (exact) mass is 365 g/mol. The molecular formula is C23H27NO3. The topological polar surface area (TPSA) is 46.6 Å². The smallest absolute Gasteiger partial charge is 0.337 e. The number of aryl methyl sites for hydroxylation is 2. The van der Waals surface area contributed by atoms with E-state index in [2.05, 4.69) is 13.8 Å². The third-order valence-corrected chi connectivity index (χ3v) is 5.19. The number of esters is 1. The van der Waals surface area contributed by atoms with Crippen LogP contribution in [0.2, 0.25) is 0 Å². The molecule has 27 heavy (non-hydrogen) atoms. The van der Waals surface area contributed by atoms with E-state index >= 15 is 0 Å². The van der Waals surface area contributed by atoms with Crippen LogP contribution < -0.4 is 0 Å². The Kier molecular flexibility index (Phi) is 5.64. The molecule has 1 aliphatic carbocycles. The number of carbonyl (C=O) groups excluding carboxylic acids is 2. The van der Waals surface area contributed by atoms with Gasteiger partial charge in [0.2, 0.25) is 0 Å². The molecule has 0 bridgehead atoms. The molecule has 0 unspecified atom stereocenters. The van der Waals surface area contributed by atoms with Gasteiger partial charge in [-0.25, -0.2) is 4.79 Å². The van der Waals surface area contributed by atoms with Gasteiger partial charge in [-0.2, -0.15) is 0 Å². The zero-order chi connectivity index (χ0) is 19.6. The van der Waals surface area contributed by atoms with Gasteiger partial charge in [-0.05, 0) is 60.6 Å². The third-order valence-electron chi connectivity index (χ3n) is 5.19. The number of methoxy groups -OCH3 is 1. The summed E-state index contributed by atoms with van der Waals surface area (Å²) in [5.41, 5.74) is 4.55. The van der Waals surface area contributed by atoms with Crippen molar-refractivity contribution in [2.75, 3.05) is 13.7 Å². The number of ether oxygens (including phenoxy) is 1. The Morgan fingerprint density at radius 2 is 1.93 bits per heavy atom. The lowest BCUT2D eigenvalue weighted by Gasteiger charge is -2.32. The Morgan fingerprint density at radius 3 is 2.59 bits per heavy atom. The van der Waals surface area contributed by atoms with Crippen LogP contribution in [0.25, 0.3) is 0 Å². The predicted molar refractivity (Wildman–Crippen MR) is 106 cm³/mol. The maximum Gasteiger partial charge on any atom is 0.337 e. The molecule has 1 atom stereocenters. The largest absolute Gasteiger partial charge is 0.465 e. The van der Waals surface area contributed by atoms with E-state index in [4.69, 9.17) is 4.74 Å². The molecule has 4 nitrogen and oxygen atoms in total. The second-order valence-electron chi connectivity index (χ2n) is 7.63. The molecule has 1 aliphatic rings. The Hall–Kier alpha value is -2.62. The number of hydrogen-bond acceptors (Lipinski definition) is 3. The summed E-state index contributed by atoms with van der Waals surface area (Å²) in [6.45, 7) is 6.90. The molecular weight excluding hydrogens is 338 g/mol. The van der Waals surface area contributed by atoms with Gasteiger partial charge in [0.1, 0.15) is 0 Å². The van der Waals surface area contributed by atoms with E-state index < -0.39 is 0 Å². The van der Waals surface area contributed by atoms with Crippen molar-refractivity contribution in [2.45, 2.75) is 39.7 Å². The van der Waals surface area contributed by atoms with Gasteiger partial charge in [-0.1, -0.05) is 38.1 Å². The maximum atomic E-state index is 13.4. The van der Waals surface area contributed by atoms with E-state index in [1.807, 2.05) is 54.3 Å². The molecule has 142 valence electrons. The molecule has 2 aromatic carbocycles. The first-order chi connectivity index (χ1) is 12.9. The summed E-state index contributed by atoms with van der Waals surface area (Å²) in [7, 11) is 1.39. The van der Waals surface area contributed by atoms with E-state index in [9.17, 15) is 9.59 Å². The molecule has 2 aromatic rings. The number of nitrogens with zero attached hydrogens (tertiary/aromatic N) is 1. The quantitative estimate of drug-likeness (QED) is 0.729. The van der Waals surface area contributed by atoms with E-state index in [1.54, 1.807) is 0 Å². The molecule has 4 heteroatoms. The fourth-order valence-corrected chi connectivity index (χ4v) is 3.86. The lowest BCUT2D eigenvalue weighted by atomic mass is 10.00. The Balaban J connectivity index is 2.00. The molecule has 1 amide bonds. The van der Waals surface area contributed by atoms with Gasteiger partial charge in [0.15, 0.2) is 0 Å². The normalized spacial score (nSPS) is 15.5. The highest BCUT2D eigenvalue weighted by atomic mass is 16.5. The molecule has 0 aliphatic heterocycles. The van der Waals surface area contributed by atoms with Crippen molar-refractivity contribution in [3.05, 3.63) is 70.3 Å². The summed E-state index contributed by atoms with van der Waals surface area (Å²) >= 11 is 0. The summed E-state index contributed by atoms with van der Waals surface area (Å²) in [5, 5.41) is 0. The van der Waals surface area contributed by atoms with Crippen LogP contribution in [0.3, 0.4) is 0 Å². The molecule has 0 heterocycles. The van der Waals surface area contributed by atoms with Crippen LogP contribution in [0.1, 0.15) is 63.7 Å². The summed E-state index contributed by atoms with van der Waals surface area (Å²) < 4.78 is 4.87. The van der Waals surface area contributed by atoms with Crippen LogP contribution in [0, 0.1) is 12.8 Å². The van der Waals surface area contributed by atoms with Crippen LogP contribution in [-0.4, -0.2) is 30.4 Å². The molecule has 0 N–H and O–H groups in total. The second kappa shape index (κ2) is 7.95. The summed E-state index contributed by atoms with van der Waals surface area (Å²) in [4.78, 5) is 27.4. The molecule has 0 saturated carbocycles. The summed E-state index contributed by atoms with van der Waals surface area (Å²) in [6, 6.07) is 13.4. The lowest BCUT2D eigenvalue weighted by Crippen LogP contribution is -2.37. The van der Waals surface area contributed by atoms with Gasteiger partial charge in [-0.3, -0.25) is 4.79 Å². The van der Waals surface area contributed by atoms with Gasteiger partial charge < -0.3 is 9.64 Å². The van der Waals surface area contributed by atoms with Crippen LogP contribution in [0.4, 0.5) is 0 Å². The first-order valence-electron chi connectivity index (χ1n) is 9.50. The number of benzene rings is 2. The molecule has 3 rings (SSSR count). The average molecular weight is 365 g/mol. The first-order valence-corrected chi connectivity index (χ1v) is 9.50. The van der Waals surface area contributed by atoms with Crippen molar-refractivity contribution in [1.82, 2.24) is 4.90 Å². The van der Waals surface area contributed by atoms with Crippen molar-refractivity contribution in [3.63, 3.8) is 0 Å². The lowest BCUT2D eigenvalue weighted by molar-refractivity contribution is 0.0600. The van der Waals surface area contributed by atoms with Crippen molar-refractivity contribution in [2.24, 2.45) is 5.92 Å². The first kappa shape index (κ1) is 19.2. The fourth-order valence-electron chi connectivity index (χ4n) is 3.86. The van der Waals surface area contributed by atoms with Gasteiger partial charge >= 0.3 is 5.97 Å². The maximum absolute atomic E-state index is 13.4. The van der Waals surface area contributed by atoms with E-state index in [1.165, 1.54) is 12.7 Å². The van der Waals surface area contributed by atoms with Crippen molar-refractivity contribution in [3.8, 4) is 0 Å². The fraction of sp³-hybridized carbons (Fsp3) is 0.391. The minimum absolute atomic E-state index is 0.0147. The van der Waals surface area contributed by atoms with Gasteiger partial charge in [0.25, 0.3) is 5.91 Å². The average Bonchev–Trinajstić information content (AvgIpc) is 3.08. The molecule has 0 radical (unpaired) electrons. The third kappa shape index (κ3) is 3.90. The van der Waals surface area contributed by atoms with Crippen molar-refractivity contribution >= 4 is 11.9 Å². The molecule has 0 aromatic heterocycles. The molecule has 0 spiro atoms. The second-order valence-corrected chi connectivity index (χ2v) is 7.63. The number of carbonyl (C=O) groups is 2. The minimum atomic E-state index is -0.343. The van der Waals surface area contributed by atoms with Crippen molar-refractivity contribution in [1.29, 1.82) is 0 Å². The van der Waals surface area contributed by atoms with Gasteiger partial charge in [-0.15, -0.1) is 0 Å². The zero-order valence-electron chi connectivity index (χ0n) is 16.5. The summed E-state index contributed by atoms with van der Waals surface area (Å²) in [6.07, 6.45) is 1.79. The Labute approximate surface area is 161 Å². The van der Waals surface area contributed by atoms with E-state index in [0.29, 0.717) is 18.0 Å². The Morgan fingerprint density at radius 1 is 1.19 bits per heavy atom. The SMILES string of the molecule is COC(=O)c1ccc2c(c1)[C@H](N(CC(C)C)C(=O)c1ccccc1C)CC2. The van der Waals surface area contributed by atoms with E-state index in [0.717, 1.165) is 29.5 Å². The highest BCUT2D eigenvalue weighted by Gasteiger charge is 2.33. The number of rotatable bonds is 5. The standard InChI is InChI=1S/C23H27NO3/c1-15(2)14-24(22(25)19-8-6-5-7-16(19)3)21-12-11-17-9-10-18(13-20(17)21)23(26)27-4/h5-10,13,15,21H,11-12,14H2,1-4H3/t21-/m1/s1. The summed E-state index contributed by atoms with van der Waals surface area (Å²) in [5.74, 6) is 0.0676. The number of amides is 1. The minimum Gasteiger partial charge on any atom is -0.465 e. The van der Waals surface area contributed by atoms with Crippen LogP contribution in [0.15, 0.2) is 42.5 Å². The van der Waals surface area contributed by atoms with Crippen LogP contribution >= 0.6 is 0 Å². The number of fused-ring (bicyclic) bond motifs is 1. The van der Waals surface area contributed by atoms with Crippen LogP contribution in [0.5, 0.6) is 0 Å². The van der Waals surface area contributed by atoms with Crippen LogP contribution in [-0.2, 0) is 11.2 Å². The molecule has 0 fully saturated rings. The number of hydrogen-bond donors (Lipinski definition) is 0. The Bertz CT molecular complexity index is 856. The van der Waals surface area contributed by atoms with Gasteiger partial charge in [0, 0.05) is 12.1 Å².